The Kier molecular flexibility index (Phi) is 3.35. The molecule has 104 valence electrons. The van der Waals surface area contributed by atoms with E-state index in [4.69, 9.17) is 5.11 Å². The van der Waals surface area contributed by atoms with Crippen LogP contribution in [-0.4, -0.2) is 49.1 Å². The number of benzene rings is 1. The molecule has 1 aromatic heterocycles. The molecule has 1 amide bonds. The normalized spacial score (nSPS) is 18.6. The molecule has 1 saturated heterocycles. The van der Waals surface area contributed by atoms with Crippen molar-refractivity contribution >= 4 is 34.7 Å². The summed E-state index contributed by atoms with van der Waals surface area (Å²) in [4.78, 5) is 29.0. The third kappa shape index (κ3) is 2.24. The molecule has 7 heteroatoms. The van der Waals surface area contributed by atoms with Crippen LogP contribution in [0.25, 0.3) is 11.0 Å². The summed E-state index contributed by atoms with van der Waals surface area (Å²) in [5.41, 5.74) is 1.70. The molecule has 0 saturated carbocycles. The molecule has 1 N–H and O–H groups in total. The van der Waals surface area contributed by atoms with Gasteiger partial charge in [-0.3, -0.25) is 4.79 Å². The molecule has 3 rings (SSSR count). The van der Waals surface area contributed by atoms with Crippen LogP contribution in [0, 0.1) is 0 Å². The molecule has 0 radical (unpaired) electrons. The van der Waals surface area contributed by atoms with E-state index in [9.17, 15) is 9.59 Å². The molecular weight excluding hydrogens is 278 g/mol. The predicted molar refractivity (Wildman–Crippen MR) is 75.3 cm³/mol. The lowest BCUT2D eigenvalue weighted by Gasteiger charge is -2.20. The van der Waals surface area contributed by atoms with E-state index >= 15 is 0 Å². The van der Waals surface area contributed by atoms with Crippen molar-refractivity contribution in [2.45, 2.75) is 12.6 Å². The molecule has 20 heavy (non-hydrogen) atoms. The van der Waals surface area contributed by atoms with Gasteiger partial charge in [0.15, 0.2) is 0 Å². The average molecular weight is 291 g/mol. The molecule has 1 aliphatic heterocycles. The van der Waals surface area contributed by atoms with E-state index < -0.39 is 12.0 Å². The van der Waals surface area contributed by atoms with Crippen molar-refractivity contribution in [1.82, 2.24) is 14.5 Å². The van der Waals surface area contributed by atoms with E-state index in [1.165, 1.54) is 16.7 Å². The highest BCUT2D eigenvalue weighted by atomic mass is 32.2. The summed E-state index contributed by atoms with van der Waals surface area (Å²) in [5, 5.41) is 9.10. The fourth-order valence-electron chi connectivity index (χ4n) is 2.27. The van der Waals surface area contributed by atoms with Gasteiger partial charge in [0, 0.05) is 5.75 Å². The van der Waals surface area contributed by atoms with Crippen molar-refractivity contribution in [3.05, 3.63) is 30.6 Å². The summed E-state index contributed by atoms with van der Waals surface area (Å²) in [5.74, 6) is -0.252. The number of carboxylic acid groups (broad SMARTS) is 1. The number of rotatable bonds is 3. The van der Waals surface area contributed by atoms with Crippen LogP contribution < -0.4 is 0 Å². The van der Waals surface area contributed by atoms with Crippen molar-refractivity contribution < 1.29 is 14.7 Å². The highest BCUT2D eigenvalue weighted by Gasteiger charge is 2.34. The second kappa shape index (κ2) is 5.16. The number of carboxylic acids is 1. The Labute approximate surface area is 119 Å². The predicted octanol–water partition coefficient (Wildman–Crippen LogP) is 1.02. The van der Waals surface area contributed by atoms with Crippen LogP contribution in [0.4, 0.5) is 0 Å². The zero-order valence-electron chi connectivity index (χ0n) is 10.6. The average Bonchev–Trinajstić information content (AvgIpc) is 3.06. The number of hydrogen-bond donors (Lipinski definition) is 1. The first-order valence-electron chi connectivity index (χ1n) is 6.16. The Morgan fingerprint density at radius 1 is 1.40 bits per heavy atom. The van der Waals surface area contributed by atoms with Crippen molar-refractivity contribution in [2.24, 2.45) is 0 Å². The Hall–Kier alpha value is -2.02. The van der Waals surface area contributed by atoms with Crippen molar-refractivity contribution in [3.63, 3.8) is 0 Å². The summed E-state index contributed by atoms with van der Waals surface area (Å²) < 4.78 is 1.75. The van der Waals surface area contributed by atoms with E-state index in [0.29, 0.717) is 11.6 Å². The molecule has 1 fully saturated rings. The standard InChI is InChI=1S/C13H13N3O3S/c17-12(16-8-20-6-11(16)13(18)19)5-15-7-14-9-3-1-2-4-10(9)15/h1-4,7,11H,5-6,8H2,(H,18,19)/t11-/m0/s1. The first-order valence-corrected chi connectivity index (χ1v) is 7.32. The van der Waals surface area contributed by atoms with Crippen molar-refractivity contribution in [2.75, 3.05) is 11.6 Å². The van der Waals surface area contributed by atoms with E-state index in [-0.39, 0.29) is 12.5 Å². The highest BCUT2D eigenvalue weighted by molar-refractivity contribution is 7.99. The third-order valence-electron chi connectivity index (χ3n) is 3.32. The van der Waals surface area contributed by atoms with Crippen LogP contribution in [0.15, 0.2) is 30.6 Å². The SMILES string of the molecule is O=C(O)[C@@H]1CSCN1C(=O)Cn1cnc2ccccc21. The van der Waals surface area contributed by atoms with Gasteiger partial charge in [0.1, 0.15) is 12.6 Å². The van der Waals surface area contributed by atoms with Crippen LogP contribution in [0.3, 0.4) is 0 Å². The lowest BCUT2D eigenvalue weighted by atomic mass is 10.3. The Morgan fingerprint density at radius 2 is 2.20 bits per heavy atom. The molecule has 1 aliphatic rings. The maximum Gasteiger partial charge on any atom is 0.327 e. The number of thioether (sulfide) groups is 1. The number of hydrogen-bond acceptors (Lipinski definition) is 4. The molecule has 0 bridgehead atoms. The second-order valence-corrected chi connectivity index (χ2v) is 5.58. The number of fused-ring (bicyclic) bond motifs is 1. The summed E-state index contributed by atoms with van der Waals surface area (Å²) in [6.45, 7) is 0.116. The van der Waals surface area contributed by atoms with Gasteiger partial charge in [-0.1, -0.05) is 12.1 Å². The quantitative estimate of drug-likeness (QED) is 0.914. The molecule has 0 unspecified atom stereocenters. The Bertz CT molecular complexity index is 670. The van der Waals surface area contributed by atoms with Gasteiger partial charge in [-0.25, -0.2) is 9.78 Å². The molecule has 1 atom stereocenters. The van der Waals surface area contributed by atoms with E-state index in [1.54, 1.807) is 10.9 Å². The number of para-hydroxylation sites is 2. The Morgan fingerprint density at radius 3 is 3.00 bits per heavy atom. The van der Waals surface area contributed by atoms with Crippen molar-refractivity contribution in [1.29, 1.82) is 0 Å². The number of aliphatic carboxylic acids is 1. The van der Waals surface area contributed by atoms with Crippen LogP contribution >= 0.6 is 11.8 Å². The fourth-order valence-corrected chi connectivity index (χ4v) is 3.44. The zero-order chi connectivity index (χ0) is 14.1. The van der Waals surface area contributed by atoms with Gasteiger partial charge in [-0.2, -0.15) is 0 Å². The van der Waals surface area contributed by atoms with Crippen LogP contribution in [0.1, 0.15) is 0 Å². The topological polar surface area (TPSA) is 75.4 Å². The van der Waals surface area contributed by atoms with Gasteiger partial charge in [-0.05, 0) is 12.1 Å². The zero-order valence-corrected chi connectivity index (χ0v) is 11.4. The minimum atomic E-state index is -0.946. The molecule has 0 aliphatic carbocycles. The first kappa shape index (κ1) is 13.0. The lowest BCUT2D eigenvalue weighted by Crippen LogP contribution is -2.43. The molecule has 0 spiro atoms. The van der Waals surface area contributed by atoms with Gasteiger partial charge in [0.2, 0.25) is 5.91 Å². The Balaban J connectivity index is 1.80. The number of nitrogens with zero attached hydrogens (tertiary/aromatic N) is 3. The molecule has 2 heterocycles. The first-order chi connectivity index (χ1) is 9.66. The van der Waals surface area contributed by atoms with Crippen LogP contribution in [0.5, 0.6) is 0 Å². The largest absolute Gasteiger partial charge is 0.480 e. The summed E-state index contributed by atoms with van der Waals surface area (Å²) in [7, 11) is 0. The molecule has 6 nitrogen and oxygen atoms in total. The summed E-state index contributed by atoms with van der Waals surface area (Å²) in [6, 6.07) is 6.82. The summed E-state index contributed by atoms with van der Waals surface area (Å²) >= 11 is 1.46. The molecular formula is C13H13N3O3S. The van der Waals surface area contributed by atoms with Gasteiger partial charge >= 0.3 is 5.97 Å². The van der Waals surface area contributed by atoms with Crippen molar-refractivity contribution in [3.8, 4) is 0 Å². The molecule has 2 aromatic rings. The number of carbonyl (C=O) groups is 2. The van der Waals surface area contributed by atoms with Gasteiger partial charge in [0.05, 0.1) is 23.2 Å². The fraction of sp³-hybridized carbons (Fsp3) is 0.308. The number of carbonyl (C=O) groups excluding carboxylic acids is 1. The third-order valence-corrected chi connectivity index (χ3v) is 4.33. The van der Waals surface area contributed by atoms with Crippen LogP contribution in [-0.2, 0) is 16.1 Å². The van der Waals surface area contributed by atoms with Gasteiger partial charge in [0.25, 0.3) is 0 Å². The molecule has 1 aromatic carbocycles. The smallest absolute Gasteiger partial charge is 0.327 e. The maximum absolute atomic E-state index is 12.3. The van der Waals surface area contributed by atoms with Gasteiger partial charge in [-0.15, -0.1) is 11.8 Å². The number of aromatic nitrogens is 2. The summed E-state index contributed by atoms with van der Waals surface area (Å²) in [6.07, 6.45) is 1.61. The lowest BCUT2D eigenvalue weighted by molar-refractivity contribution is -0.147. The number of amides is 1. The highest BCUT2D eigenvalue weighted by Crippen LogP contribution is 2.22. The van der Waals surface area contributed by atoms with E-state index in [0.717, 1.165) is 11.0 Å². The van der Waals surface area contributed by atoms with Gasteiger partial charge < -0.3 is 14.6 Å². The minimum absolute atomic E-state index is 0.116. The monoisotopic (exact) mass is 291 g/mol. The second-order valence-electron chi connectivity index (χ2n) is 4.58. The minimum Gasteiger partial charge on any atom is -0.480 e. The van der Waals surface area contributed by atoms with Crippen LogP contribution in [0.2, 0.25) is 0 Å². The van der Waals surface area contributed by atoms with E-state index in [2.05, 4.69) is 4.98 Å². The maximum atomic E-state index is 12.3. The number of imidazole rings is 1. The van der Waals surface area contributed by atoms with E-state index in [1.807, 2.05) is 24.3 Å².